The van der Waals surface area contributed by atoms with E-state index in [0.29, 0.717) is 5.56 Å². The molecule has 6 heteroatoms. The largest absolute Gasteiger partial charge is 0.480 e. The zero-order chi connectivity index (χ0) is 17.5. The monoisotopic (exact) mass is 451 g/mol. The van der Waals surface area contributed by atoms with Crippen LogP contribution >= 0.6 is 31.9 Å². The number of aliphatic carboxylic acids is 1. The van der Waals surface area contributed by atoms with Gasteiger partial charge in [-0.2, -0.15) is 0 Å². The number of carboxylic acid groups (broad SMARTS) is 1. The molecule has 0 aliphatic rings. The van der Waals surface area contributed by atoms with Crippen molar-refractivity contribution < 1.29 is 14.7 Å². The molecule has 2 aromatic rings. The molecule has 24 heavy (non-hydrogen) atoms. The number of carbonyl (C=O) groups excluding carboxylic acids is 1. The molecular weight excluding hydrogens is 438 g/mol. The van der Waals surface area contributed by atoms with Crippen LogP contribution in [0.5, 0.6) is 0 Å². The van der Waals surface area contributed by atoms with Gasteiger partial charge < -0.3 is 10.4 Å². The molecule has 0 heterocycles. The van der Waals surface area contributed by atoms with E-state index in [-0.39, 0.29) is 6.42 Å². The van der Waals surface area contributed by atoms with Gasteiger partial charge in [0.25, 0.3) is 5.91 Å². The number of halogens is 2. The molecule has 4 nitrogen and oxygen atoms in total. The molecule has 124 valence electrons. The van der Waals surface area contributed by atoms with Crippen molar-refractivity contribution in [1.82, 2.24) is 5.32 Å². The molecule has 0 fully saturated rings. The molecule has 0 spiro atoms. The fourth-order valence-electron chi connectivity index (χ4n) is 2.05. The highest BCUT2D eigenvalue weighted by Crippen LogP contribution is 2.20. The smallest absolute Gasteiger partial charge is 0.326 e. The highest BCUT2D eigenvalue weighted by molar-refractivity contribution is 9.11. The van der Waals surface area contributed by atoms with Gasteiger partial charge in [-0.3, -0.25) is 4.79 Å². The van der Waals surface area contributed by atoms with E-state index in [4.69, 9.17) is 0 Å². The van der Waals surface area contributed by atoms with Crippen LogP contribution in [0.25, 0.3) is 6.08 Å². The first kappa shape index (κ1) is 18.4. The maximum Gasteiger partial charge on any atom is 0.326 e. The van der Waals surface area contributed by atoms with Crippen molar-refractivity contribution in [3.8, 4) is 0 Å². The van der Waals surface area contributed by atoms with E-state index in [0.717, 1.165) is 14.5 Å². The van der Waals surface area contributed by atoms with Crippen molar-refractivity contribution in [1.29, 1.82) is 0 Å². The molecular formula is C18H15Br2NO3. The summed E-state index contributed by atoms with van der Waals surface area (Å²) in [5, 5.41) is 11.9. The van der Waals surface area contributed by atoms with E-state index < -0.39 is 17.9 Å². The normalized spacial score (nSPS) is 12.1. The minimum atomic E-state index is -1.07. The molecule has 2 N–H and O–H groups in total. The summed E-state index contributed by atoms with van der Waals surface area (Å²) in [5.41, 5.74) is 1.36. The molecule has 0 aromatic heterocycles. The van der Waals surface area contributed by atoms with Crippen LogP contribution in [0.1, 0.15) is 22.3 Å². The summed E-state index contributed by atoms with van der Waals surface area (Å²) >= 11 is 6.61. The van der Waals surface area contributed by atoms with Crippen LogP contribution in [0, 0.1) is 0 Å². The lowest BCUT2D eigenvalue weighted by Crippen LogP contribution is -2.40. The number of nitrogens with one attached hydrogen (secondary N) is 1. The number of hydrogen-bond acceptors (Lipinski definition) is 2. The third kappa shape index (κ3) is 5.62. The van der Waals surface area contributed by atoms with Gasteiger partial charge in [0, 0.05) is 14.5 Å². The Morgan fingerprint density at radius 3 is 2.29 bits per heavy atom. The molecule has 0 aliphatic heterocycles. The van der Waals surface area contributed by atoms with Crippen molar-refractivity contribution in [2.24, 2.45) is 0 Å². The Balaban J connectivity index is 2.04. The number of carboxylic acids is 1. The van der Waals surface area contributed by atoms with E-state index in [1.54, 1.807) is 24.3 Å². The molecule has 0 bridgehead atoms. The predicted molar refractivity (Wildman–Crippen MR) is 101 cm³/mol. The Hall–Kier alpha value is -1.92. The van der Waals surface area contributed by atoms with Gasteiger partial charge in [0.1, 0.15) is 6.04 Å². The summed E-state index contributed by atoms with van der Waals surface area (Å²) in [6.07, 6.45) is 3.77. The second kappa shape index (κ2) is 8.80. The van der Waals surface area contributed by atoms with Crippen LogP contribution in [0.15, 0.2) is 63.6 Å². The van der Waals surface area contributed by atoms with Crippen molar-refractivity contribution in [3.05, 3.63) is 74.7 Å². The van der Waals surface area contributed by atoms with Crippen LogP contribution in [0.3, 0.4) is 0 Å². The fourth-order valence-corrected chi connectivity index (χ4v) is 3.35. The Morgan fingerprint density at radius 1 is 1.08 bits per heavy atom. The van der Waals surface area contributed by atoms with Crippen LogP contribution in [0.4, 0.5) is 0 Å². The van der Waals surface area contributed by atoms with Crippen LogP contribution in [0.2, 0.25) is 0 Å². The molecule has 2 aromatic carbocycles. The van der Waals surface area contributed by atoms with Crippen molar-refractivity contribution in [3.63, 3.8) is 0 Å². The minimum absolute atomic E-state index is 0.200. The molecule has 0 radical (unpaired) electrons. The van der Waals surface area contributed by atoms with E-state index >= 15 is 0 Å². The molecule has 1 amide bonds. The summed E-state index contributed by atoms with van der Waals surface area (Å²) in [7, 11) is 0. The first-order valence-electron chi connectivity index (χ1n) is 7.17. The summed E-state index contributed by atoms with van der Waals surface area (Å²) in [4.78, 5) is 23.6. The Bertz CT molecular complexity index is 740. The lowest BCUT2D eigenvalue weighted by Gasteiger charge is -2.13. The number of amides is 1. The summed E-state index contributed by atoms with van der Waals surface area (Å²) < 4.78 is 1.47. The first-order chi connectivity index (χ1) is 11.5. The van der Waals surface area contributed by atoms with Crippen molar-refractivity contribution in [2.75, 3.05) is 0 Å². The quantitative estimate of drug-likeness (QED) is 0.678. The average Bonchev–Trinajstić information content (AvgIpc) is 2.53. The maximum atomic E-state index is 12.3. The van der Waals surface area contributed by atoms with Gasteiger partial charge in [0.2, 0.25) is 0 Å². The second-order valence-electron chi connectivity index (χ2n) is 5.07. The van der Waals surface area contributed by atoms with Gasteiger partial charge >= 0.3 is 5.97 Å². The van der Waals surface area contributed by atoms with E-state index in [2.05, 4.69) is 37.2 Å². The molecule has 0 unspecified atom stereocenters. The molecule has 1 atom stereocenters. The van der Waals surface area contributed by atoms with E-state index in [1.807, 2.05) is 36.4 Å². The number of benzene rings is 2. The van der Waals surface area contributed by atoms with E-state index in [1.165, 1.54) is 0 Å². The summed E-state index contributed by atoms with van der Waals surface area (Å²) in [6, 6.07) is 13.6. The number of carbonyl (C=O) groups is 2. The van der Waals surface area contributed by atoms with Gasteiger partial charge in [-0.05, 0) is 30.2 Å². The van der Waals surface area contributed by atoms with Crippen molar-refractivity contribution >= 4 is 49.8 Å². The second-order valence-corrected chi connectivity index (χ2v) is 6.90. The third-order valence-electron chi connectivity index (χ3n) is 3.21. The number of rotatable bonds is 6. The number of hydrogen-bond donors (Lipinski definition) is 2. The molecule has 0 saturated heterocycles. The predicted octanol–water partition coefficient (Wildman–Crippen LogP) is 4.50. The Morgan fingerprint density at radius 2 is 1.71 bits per heavy atom. The van der Waals surface area contributed by atoms with Gasteiger partial charge in [-0.15, -0.1) is 0 Å². The third-order valence-corrected chi connectivity index (χ3v) is 4.13. The van der Waals surface area contributed by atoms with Gasteiger partial charge in [-0.1, -0.05) is 74.3 Å². The molecule has 0 aliphatic carbocycles. The van der Waals surface area contributed by atoms with Crippen LogP contribution in [-0.2, 0) is 4.79 Å². The van der Waals surface area contributed by atoms with E-state index in [9.17, 15) is 14.7 Å². The zero-order valence-electron chi connectivity index (χ0n) is 12.6. The van der Waals surface area contributed by atoms with Gasteiger partial charge in [0.15, 0.2) is 0 Å². The standard InChI is InChI=1S/C18H15Br2NO3/c19-14-9-13(10-15(20)11-14)17(22)21-16(18(23)24)8-4-7-12-5-2-1-3-6-12/h1-7,9-11,16H,8H2,(H,21,22)(H,23,24)/b7-4+/t16-/m1/s1. The fraction of sp³-hybridized carbons (Fsp3) is 0.111. The van der Waals surface area contributed by atoms with Crippen LogP contribution in [-0.4, -0.2) is 23.0 Å². The average molecular weight is 453 g/mol. The highest BCUT2D eigenvalue weighted by atomic mass is 79.9. The summed E-state index contributed by atoms with van der Waals surface area (Å²) in [5.74, 6) is -1.51. The summed E-state index contributed by atoms with van der Waals surface area (Å²) in [6.45, 7) is 0. The molecule has 0 saturated carbocycles. The zero-order valence-corrected chi connectivity index (χ0v) is 15.7. The molecule has 2 rings (SSSR count). The SMILES string of the molecule is O=C(N[C@H](C/C=C/c1ccccc1)C(=O)O)c1cc(Br)cc(Br)c1. The lowest BCUT2D eigenvalue weighted by atomic mass is 10.1. The highest BCUT2D eigenvalue weighted by Gasteiger charge is 2.19. The van der Waals surface area contributed by atoms with Gasteiger partial charge in [0.05, 0.1) is 0 Å². The van der Waals surface area contributed by atoms with Crippen LogP contribution < -0.4 is 5.32 Å². The topological polar surface area (TPSA) is 66.4 Å². The van der Waals surface area contributed by atoms with Gasteiger partial charge in [-0.25, -0.2) is 4.79 Å². The minimum Gasteiger partial charge on any atom is -0.480 e. The maximum absolute atomic E-state index is 12.3. The van der Waals surface area contributed by atoms with Crippen molar-refractivity contribution in [2.45, 2.75) is 12.5 Å². The first-order valence-corrected chi connectivity index (χ1v) is 8.75. The Labute approximate surface area is 156 Å². The lowest BCUT2D eigenvalue weighted by molar-refractivity contribution is -0.139. The Kier molecular flexibility index (Phi) is 6.75.